The van der Waals surface area contributed by atoms with Gasteiger partial charge in [0.25, 0.3) is 0 Å². The molecular formula is C11H14N4S. The third kappa shape index (κ3) is 2.84. The van der Waals surface area contributed by atoms with Crippen molar-refractivity contribution in [2.24, 2.45) is 0 Å². The Morgan fingerprint density at radius 2 is 2.38 bits per heavy atom. The minimum Gasteiger partial charge on any atom is -0.311 e. The molecule has 0 radical (unpaired) electrons. The van der Waals surface area contributed by atoms with Gasteiger partial charge in [0.05, 0.1) is 5.69 Å². The lowest BCUT2D eigenvalue weighted by atomic mass is 10.4. The number of nitrogens with one attached hydrogen (secondary N) is 1. The lowest BCUT2D eigenvalue weighted by Gasteiger charge is -1.98. The van der Waals surface area contributed by atoms with Crippen molar-refractivity contribution in [2.75, 3.05) is 6.54 Å². The smallest absolute Gasteiger partial charge is 0.142 e. The van der Waals surface area contributed by atoms with Gasteiger partial charge >= 0.3 is 0 Å². The lowest BCUT2D eigenvalue weighted by Crippen LogP contribution is -2.13. The molecular weight excluding hydrogens is 220 g/mol. The third-order valence-electron chi connectivity index (χ3n) is 2.09. The van der Waals surface area contributed by atoms with E-state index in [0.29, 0.717) is 0 Å². The molecule has 16 heavy (non-hydrogen) atoms. The number of hydrogen-bond donors (Lipinski definition) is 1. The quantitative estimate of drug-likeness (QED) is 0.805. The number of nitrogens with zero attached hydrogens (tertiary/aromatic N) is 3. The molecule has 5 heteroatoms. The Labute approximate surface area is 98.8 Å². The van der Waals surface area contributed by atoms with Crippen LogP contribution in [0.5, 0.6) is 0 Å². The van der Waals surface area contributed by atoms with Gasteiger partial charge in [0.2, 0.25) is 0 Å². The summed E-state index contributed by atoms with van der Waals surface area (Å²) in [5, 5.41) is 6.35. The first-order chi connectivity index (χ1) is 7.90. The Morgan fingerprint density at radius 3 is 3.12 bits per heavy atom. The van der Waals surface area contributed by atoms with Gasteiger partial charge in [0, 0.05) is 18.1 Å². The van der Waals surface area contributed by atoms with E-state index in [1.165, 1.54) is 0 Å². The first-order valence-electron chi connectivity index (χ1n) is 5.31. The van der Waals surface area contributed by atoms with Crippen molar-refractivity contribution < 1.29 is 0 Å². The average molecular weight is 234 g/mol. The van der Waals surface area contributed by atoms with E-state index in [9.17, 15) is 0 Å². The van der Waals surface area contributed by atoms with Crippen molar-refractivity contribution in [1.29, 1.82) is 0 Å². The van der Waals surface area contributed by atoms with Crippen LogP contribution in [-0.2, 0) is 6.54 Å². The summed E-state index contributed by atoms with van der Waals surface area (Å²) in [7, 11) is 0. The van der Waals surface area contributed by atoms with Gasteiger partial charge in [-0.15, -0.1) is 11.3 Å². The number of thiazole rings is 1. The van der Waals surface area contributed by atoms with Crippen LogP contribution in [0.1, 0.15) is 19.0 Å². The van der Waals surface area contributed by atoms with Crippen molar-refractivity contribution in [1.82, 2.24) is 20.3 Å². The van der Waals surface area contributed by atoms with Crippen LogP contribution in [0, 0.1) is 0 Å². The van der Waals surface area contributed by atoms with Gasteiger partial charge in [0.15, 0.2) is 0 Å². The molecule has 2 rings (SSSR count). The second kappa shape index (κ2) is 5.67. The summed E-state index contributed by atoms with van der Waals surface area (Å²) in [4.78, 5) is 12.6. The van der Waals surface area contributed by atoms with E-state index >= 15 is 0 Å². The van der Waals surface area contributed by atoms with Crippen LogP contribution >= 0.6 is 11.3 Å². The summed E-state index contributed by atoms with van der Waals surface area (Å²) in [5.74, 6) is 0. The summed E-state index contributed by atoms with van der Waals surface area (Å²) in [6.07, 6.45) is 4.42. The van der Waals surface area contributed by atoms with E-state index in [0.717, 1.165) is 35.9 Å². The zero-order valence-corrected chi connectivity index (χ0v) is 10.00. The first-order valence-corrected chi connectivity index (χ1v) is 6.19. The SMILES string of the molecule is CCCNCc1csc(-c2ccncn2)n1. The van der Waals surface area contributed by atoms with Crippen LogP contribution in [0.3, 0.4) is 0 Å². The van der Waals surface area contributed by atoms with Crippen molar-refractivity contribution in [3.05, 3.63) is 29.7 Å². The molecule has 2 aromatic rings. The molecule has 0 aliphatic rings. The van der Waals surface area contributed by atoms with Crippen LogP contribution in [-0.4, -0.2) is 21.5 Å². The number of hydrogen-bond acceptors (Lipinski definition) is 5. The van der Waals surface area contributed by atoms with Gasteiger partial charge in [-0.05, 0) is 19.0 Å². The molecule has 84 valence electrons. The minimum absolute atomic E-state index is 0.829. The van der Waals surface area contributed by atoms with Gasteiger partial charge in [0.1, 0.15) is 17.0 Å². The fourth-order valence-corrected chi connectivity index (χ4v) is 2.11. The average Bonchev–Trinajstić information content (AvgIpc) is 2.79. The predicted octanol–water partition coefficient (Wildman–Crippen LogP) is 2.10. The fraction of sp³-hybridized carbons (Fsp3) is 0.364. The molecule has 1 N–H and O–H groups in total. The second-order valence-electron chi connectivity index (χ2n) is 3.42. The Bertz CT molecular complexity index is 427. The largest absolute Gasteiger partial charge is 0.311 e. The van der Waals surface area contributed by atoms with E-state index < -0.39 is 0 Å². The lowest BCUT2D eigenvalue weighted by molar-refractivity contribution is 0.667. The molecule has 0 atom stereocenters. The molecule has 2 aromatic heterocycles. The molecule has 4 nitrogen and oxygen atoms in total. The molecule has 0 aromatic carbocycles. The normalized spacial score (nSPS) is 10.6. The second-order valence-corrected chi connectivity index (χ2v) is 4.27. The maximum absolute atomic E-state index is 4.52. The topological polar surface area (TPSA) is 50.7 Å². The summed E-state index contributed by atoms with van der Waals surface area (Å²) in [6.45, 7) is 4.01. The number of aromatic nitrogens is 3. The highest BCUT2D eigenvalue weighted by molar-refractivity contribution is 7.13. The molecule has 0 saturated carbocycles. The Hall–Kier alpha value is -1.33. The van der Waals surface area contributed by atoms with Crippen LogP contribution in [0.4, 0.5) is 0 Å². The van der Waals surface area contributed by atoms with Crippen molar-refractivity contribution in [2.45, 2.75) is 19.9 Å². The zero-order valence-electron chi connectivity index (χ0n) is 9.18. The van der Waals surface area contributed by atoms with E-state index in [2.05, 4.69) is 32.6 Å². The van der Waals surface area contributed by atoms with Crippen LogP contribution in [0.15, 0.2) is 24.0 Å². The third-order valence-corrected chi connectivity index (χ3v) is 3.00. The van der Waals surface area contributed by atoms with E-state index in [4.69, 9.17) is 0 Å². The molecule has 0 spiro atoms. The molecule has 0 fully saturated rings. The van der Waals surface area contributed by atoms with Gasteiger partial charge < -0.3 is 5.32 Å². The molecule has 0 saturated heterocycles. The summed E-state index contributed by atoms with van der Waals surface area (Å²) in [6, 6.07) is 1.88. The molecule has 0 unspecified atom stereocenters. The zero-order chi connectivity index (χ0) is 11.2. The van der Waals surface area contributed by atoms with Gasteiger partial charge in [-0.3, -0.25) is 0 Å². The standard InChI is InChI=1S/C11H14N4S/c1-2-4-12-6-9-7-16-11(15-9)10-3-5-13-8-14-10/h3,5,7-8,12H,2,4,6H2,1H3. The summed E-state index contributed by atoms with van der Waals surface area (Å²) >= 11 is 1.62. The molecule has 0 bridgehead atoms. The Balaban J connectivity index is 2.02. The summed E-state index contributed by atoms with van der Waals surface area (Å²) < 4.78 is 0. The molecule has 2 heterocycles. The van der Waals surface area contributed by atoms with Crippen molar-refractivity contribution in [3.63, 3.8) is 0 Å². The maximum atomic E-state index is 4.52. The maximum Gasteiger partial charge on any atom is 0.142 e. The monoisotopic (exact) mass is 234 g/mol. The molecule has 0 aliphatic carbocycles. The van der Waals surface area contributed by atoms with E-state index in [-0.39, 0.29) is 0 Å². The van der Waals surface area contributed by atoms with Crippen LogP contribution in [0.2, 0.25) is 0 Å². The van der Waals surface area contributed by atoms with E-state index in [1.807, 2.05) is 6.07 Å². The Kier molecular flexibility index (Phi) is 3.96. The highest BCUT2D eigenvalue weighted by Gasteiger charge is 2.04. The first kappa shape index (κ1) is 11.2. The minimum atomic E-state index is 0.829. The van der Waals surface area contributed by atoms with Crippen LogP contribution < -0.4 is 5.32 Å². The molecule has 0 aliphatic heterocycles. The van der Waals surface area contributed by atoms with Crippen molar-refractivity contribution >= 4 is 11.3 Å². The summed E-state index contributed by atoms with van der Waals surface area (Å²) in [5.41, 5.74) is 1.97. The highest BCUT2D eigenvalue weighted by atomic mass is 32.1. The van der Waals surface area contributed by atoms with Gasteiger partial charge in [-0.25, -0.2) is 15.0 Å². The fourth-order valence-electron chi connectivity index (χ4n) is 1.32. The van der Waals surface area contributed by atoms with Gasteiger partial charge in [-0.2, -0.15) is 0 Å². The number of rotatable bonds is 5. The Morgan fingerprint density at radius 1 is 1.44 bits per heavy atom. The highest BCUT2D eigenvalue weighted by Crippen LogP contribution is 2.20. The van der Waals surface area contributed by atoms with Gasteiger partial charge in [-0.1, -0.05) is 6.92 Å². The van der Waals surface area contributed by atoms with Crippen molar-refractivity contribution in [3.8, 4) is 10.7 Å². The predicted molar refractivity (Wildman–Crippen MR) is 65.1 cm³/mol. The molecule has 0 amide bonds. The van der Waals surface area contributed by atoms with E-state index in [1.54, 1.807) is 23.9 Å². The van der Waals surface area contributed by atoms with Crippen LogP contribution in [0.25, 0.3) is 10.7 Å².